The van der Waals surface area contributed by atoms with E-state index in [0.29, 0.717) is 24.2 Å². The molecule has 1 aliphatic rings. The summed E-state index contributed by atoms with van der Waals surface area (Å²) in [6, 6.07) is 7.04. The summed E-state index contributed by atoms with van der Waals surface area (Å²) >= 11 is 0. The maximum atomic E-state index is 14.2. The first kappa shape index (κ1) is 19.5. The highest BCUT2D eigenvalue weighted by Crippen LogP contribution is 2.24. The molecule has 1 saturated heterocycles. The normalized spacial score (nSPS) is 19.4. The Morgan fingerprint density at radius 2 is 2.17 bits per heavy atom. The summed E-state index contributed by atoms with van der Waals surface area (Å²) in [4.78, 5) is 17.2. The molecule has 0 bridgehead atoms. The lowest BCUT2D eigenvalue weighted by Crippen LogP contribution is -2.48. The average Bonchev–Trinajstić information content (AvgIpc) is 3.08. The van der Waals surface area contributed by atoms with Gasteiger partial charge in [-0.15, -0.1) is 0 Å². The fourth-order valence-corrected chi connectivity index (χ4v) is 3.59. The summed E-state index contributed by atoms with van der Waals surface area (Å²) < 4.78 is 34.8. The number of carbonyl (C=O) groups is 1. The van der Waals surface area contributed by atoms with Crippen molar-refractivity contribution in [2.75, 3.05) is 13.2 Å². The van der Waals surface area contributed by atoms with Gasteiger partial charge in [0.25, 0.3) is 5.91 Å². The van der Waals surface area contributed by atoms with Gasteiger partial charge < -0.3 is 19.7 Å². The van der Waals surface area contributed by atoms with E-state index in [1.165, 1.54) is 12.1 Å². The van der Waals surface area contributed by atoms with E-state index in [1.807, 2.05) is 6.07 Å². The number of ether oxygens (including phenoxy) is 1. The van der Waals surface area contributed by atoms with Gasteiger partial charge in [-0.2, -0.15) is 0 Å². The number of hydrogen-bond donors (Lipinski definition) is 2. The number of benzene rings is 1. The van der Waals surface area contributed by atoms with Crippen molar-refractivity contribution in [2.24, 2.45) is 7.05 Å². The smallest absolute Gasteiger partial charge is 0.270 e. The van der Waals surface area contributed by atoms with E-state index in [2.05, 4.69) is 10.3 Å². The van der Waals surface area contributed by atoms with Crippen LogP contribution in [0.5, 0.6) is 0 Å². The van der Waals surface area contributed by atoms with E-state index in [-0.39, 0.29) is 24.3 Å². The summed E-state index contributed by atoms with van der Waals surface area (Å²) in [6.07, 6.45) is 1.63. The van der Waals surface area contributed by atoms with Crippen LogP contribution in [0, 0.1) is 11.6 Å². The molecule has 1 aromatic carbocycles. The summed E-state index contributed by atoms with van der Waals surface area (Å²) in [5, 5.41) is 13.6. The van der Waals surface area contributed by atoms with E-state index in [1.54, 1.807) is 23.9 Å². The van der Waals surface area contributed by atoms with Gasteiger partial charge in [-0.3, -0.25) is 4.79 Å². The number of pyridine rings is 1. The molecule has 2 atom stereocenters. The Hall–Kier alpha value is -2.84. The first-order valence-electron chi connectivity index (χ1n) is 9.38. The summed E-state index contributed by atoms with van der Waals surface area (Å²) in [6.45, 7) is 0.621. The Morgan fingerprint density at radius 3 is 2.97 bits per heavy atom. The van der Waals surface area contributed by atoms with Crippen molar-refractivity contribution in [2.45, 2.75) is 25.0 Å². The van der Waals surface area contributed by atoms with Gasteiger partial charge in [0, 0.05) is 31.7 Å². The van der Waals surface area contributed by atoms with Gasteiger partial charge in [-0.25, -0.2) is 13.8 Å². The Labute approximate surface area is 166 Å². The minimum Gasteiger partial charge on any atom is -0.389 e. The van der Waals surface area contributed by atoms with E-state index in [0.717, 1.165) is 11.5 Å². The number of amides is 1. The van der Waals surface area contributed by atoms with Crippen LogP contribution in [0.25, 0.3) is 11.0 Å². The minimum absolute atomic E-state index is 0.118. The molecule has 0 spiro atoms. The van der Waals surface area contributed by atoms with E-state index in [4.69, 9.17) is 4.74 Å². The van der Waals surface area contributed by atoms with Crippen molar-refractivity contribution in [3.05, 3.63) is 65.0 Å². The zero-order valence-electron chi connectivity index (χ0n) is 15.9. The van der Waals surface area contributed by atoms with Crippen LogP contribution in [0.15, 0.2) is 36.5 Å². The van der Waals surface area contributed by atoms with Gasteiger partial charge in [0.2, 0.25) is 0 Å². The molecule has 8 heteroatoms. The first-order chi connectivity index (χ1) is 13.9. The molecule has 4 rings (SSSR count). The molecule has 6 nitrogen and oxygen atoms in total. The number of nitrogens with one attached hydrogen (secondary N) is 1. The minimum atomic E-state index is -0.910. The topological polar surface area (TPSA) is 76.4 Å². The largest absolute Gasteiger partial charge is 0.389 e. The molecule has 3 heterocycles. The van der Waals surface area contributed by atoms with Gasteiger partial charge in [0.15, 0.2) is 11.6 Å². The fourth-order valence-electron chi connectivity index (χ4n) is 3.59. The Kier molecular flexibility index (Phi) is 5.29. The van der Waals surface area contributed by atoms with Gasteiger partial charge >= 0.3 is 0 Å². The molecular formula is C21H21F2N3O3. The molecule has 1 fully saturated rings. The van der Waals surface area contributed by atoms with E-state index < -0.39 is 29.7 Å². The van der Waals surface area contributed by atoms with Crippen LogP contribution in [-0.4, -0.2) is 45.9 Å². The molecule has 2 N–H and O–H groups in total. The van der Waals surface area contributed by atoms with Crippen molar-refractivity contribution >= 4 is 16.9 Å². The number of halogens is 2. The van der Waals surface area contributed by atoms with Crippen LogP contribution >= 0.6 is 0 Å². The van der Waals surface area contributed by atoms with Crippen molar-refractivity contribution in [3.63, 3.8) is 0 Å². The highest BCUT2D eigenvalue weighted by atomic mass is 19.2. The lowest BCUT2D eigenvalue weighted by Gasteiger charge is -2.28. The predicted molar refractivity (Wildman–Crippen MR) is 103 cm³/mol. The number of hydrogen-bond acceptors (Lipinski definition) is 4. The SMILES string of the molecule is Cn1ccc2c(Cc3cccc(F)c3F)cc(C(=O)NC3CCOCC3O)nc21. The third kappa shape index (κ3) is 3.86. The van der Waals surface area contributed by atoms with Crippen molar-refractivity contribution in [3.8, 4) is 0 Å². The molecule has 1 aliphatic heterocycles. The maximum Gasteiger partial charge on any atom is 0.270 e. The van der Waals surface area contributed by atoms with Crippen LogP contribution in [0.4, 0.5) is 8.78 Å². The van der Waals surface area contributed by atoms with Crippen LogP contribution < -0.4 is 5.32 Å². The third-order valence-electron chi connectivity index (χ3n) is 5.21. The van der Waals surface area contributed by atoms with E-state index >= 15 is 0 Å². The number of nitrogens with zero attached hydrogens (tertiary/aromatic N) is 2. The standard InChI is InChI=1S/C21H21F2N3O3/c1-26-7-5-14-13(9-12-3-2-4-15(22)19(12)23)10-17(24-20(14)26)21(28)25-16-6-8-29-11-18(16)27/h2-5,7,10,16,18,27H,6,8-9,11H2,1H3,(H,25,28). The van der Waals surface area contributed by atoms with Crippen LogP contribution in [-0.2, 0) is 18.2 Å². The molecule has 152 valence electrons. The third-order valence-corrected chi connectivity index (χ3v) is 5.21. The van der Waals surface area contributed by atoms with Crippen molar-refractivity contribution in [1.29, 1.82) is 0 Å². The quantitative estimate of drug-likeness (QED) is 0.704. The lowest BCUT2D eigenvalue weighted by atomic mass is 10.0. The molecule has 1 amide bonds. The maximum absolute atomic E-state index is 14.2. The second-order valence-corrected chi connectivity index (χ2v) is 7.23. The number of aliphatic hydroxyl groups is 1. The molecule has 29 heavy (non-hydrogen) atoms. The average molecular weight is 401 g/mol. The molecule has 0 aliphatic carbocycles. The van der Waals surface area contributed by atoms with Gasteiger partial charge in [-0.05, 0) is 35.7 Å². The summed E-state index contributed by atoms with van der Waals surface area (Å²) in [7, 11) is 1.80. The second kappa shape index (κ2) is 7.88. The van der Waals surface area contributed by atoms with Gasteiger partial charge in [-0.1, -0.05) is 12.1 Å². The lowest BCUT2D eigenvalue weighted by molar-refractivity contribution is -0.0261. The monoisotopic (exact) mass is 401 g/mol. The second-order valence-electron chi connectivity index (χ2n) is 7.23. The van der Waals surface area contributed by atoms with Crippen LogP contribution in [0.1, 0.15) is 28.0 Å². The molecular weight excluding hydrogens is 380 g/mol. The Bertz CT molecular complexity index is 1070. The first-order valence-corrected chi connectivity index (χ1v) is 9.38. The van der Waals surface area contributed by atoms with E-state index in [9.17, 15) is 18.7 Å². The number of aryl methyl sites for hydroxylation is 1. The number of fused-ring (bicyclic) bond motifs is 1. The number of carbonyl (C=O) groups excluding carboxylic acids is 1. The fraction of sp³-hybridized carbons (Fsp3) is 0.333. The highest BCUT2D eigenvalue weighted by Gasteiger charge is 2.26. The number of aromatic nitrogens is 2. The van der Waals surface area contributed by atoms with Gasteiger partial charge in [0.05, 0.1) is 18.8 Å². The zero-order chi connectivity index (χ0) is 20.5. The molecule has 0 radical (unpaired) electrons. The highest BCUT2D eigenvalue weighted by molar-refractivity contribution is 5.95. The van der Waals surface area contributed by atoms with Crippen LogP contribution in [0.2, 0.25) is 0 Å². The number of rotatable bonds is 4. The molecule has 0 saturated carbocycles. The molecule has 2 unspecified atom stereocenters. The molecule has 2 aromatic heterocycles. The van der Waals surface area contributed by atoms with Crippen molar-refractivity contribution in [1.82, 2.24) is 14.9 Å². The Morgan fingerprint density at radius 1 is 1.34 bits per heavy atom. The summed E-state index contributed by atoms with van der Waals surface area (Å²) in [5.41, 5.74) is 1.59. The summed E-state index contributed by atoms with van der Waals surface area (Å²) in [5.74, 6) is -2.24. The van der Waals surface area contributed by atoms with Crippen molar-refractivity contribution < 1.29 is 23.4 Å². The predicted octanol–water partition coefficient (Wildman–Crippen LogP) is 2.32. The molecule has 3 aromatic rings. The van der Waals surface area contributed by atoms with Gasteiger partial charge in [0.1, 0.15) is 11.3 Å². The number of aliphatic hydroxyl groups excluding tert-OH is 1. The van der Waals surface area contributed by atoms with Crippen LogP contribution in [0.3, 0.4) is 0 Å². The Balaban J connectivity index is 1.69. The zero-order valence-corrected chi connectivity index (χ0v) is 15.9.